The average Bonchev–Trinajstić information content (AvgIpc) is 2.67. The van der Waals surface area contributed by atoms with Gasteiger partial charge in [-0.3, -0.25) is 0 Å². The minimum atomic E-state index is -3.77. The van der Waals surface area contributed by atoms with E-state index in [0.29, 0.717) is 18.5 Å². The van der Waals surface area contributed by atoms with Crippen LogP contribution in [-0.4, -0.2) is 35.7 Å². The van der Waals surface area contributed by atoms with E-state index in [1.165, 1.54) is 30.5 Å². The van der Waals surface area contributed by atoms with Crippen LogP contribution in [0, 0.1) is 11.3 Å². The van der Waals surface area contributed by atoms with Crippen molar-refractivity contribution in [1.82, 2.24) is 9.97 Å². The highest BCUT2D eigenvalue weighted by atomic mass is 32.2. The number of hydrogen-bond donors (Lipinski definition) is 3. The first-order valence-electron chi connectivity index (χ1n) is 8.81. The Morgan fingerprint density at radius 1 is 1.25 bits per heavy atom. The number of benzene rings is 1. The molecular weight excluding hydrogens is 382 g/mol. The molecule has 148 valence electrons. The highest BCUT2D eigenvalue weighted by molar-refractivity contribution is 7.89. The van der Waals surface area contributed by atoms with E-state index < -0.39 is 15.6 Å². The van der Waals surface area contributed by atoms with Gasteiger partial charge in [0.1, 0.15) is 18.2 Å². The van der Waals surface area contributed by atoms with Gasteiger partial charge in [-0.15, -0.1) is 0 Å². The number of anilines is 2. The van der Waals surface area contributed by atoms with Crippen molar-refractivity contribution in [1.29, 1.82) is 5.26 Å². The zero-order valence-electron chi connectivity index (χ0n) is 15.1. The van der Waals surface area contributed by atoms with Crippen molar-refractivity contribution < 1.29 is 18.3 Å². The van der Waals surface area contributed by atoms with Gasteiger partial charge in [0.25, 0.3) is 0 Å². The lowest BCUT2D eigenvalue weighted by molar-refractivity contribution is -0.0350. The van der Waals surface area contributed by atoms with E-state index in [2.05, 4.69) is 15.3 Å². The monoisotopic (exact) mass is 403 g/mol. The lowest BCUT2D eigenvalue weighted by atomic mass is 9.86. The molecule has 28 heavy (non-hydrogen) atoms. The SMILES string of the molecule is N#Cc1cnc(Nc2ccc(S(N)(=O)=O)cc2)nc1OCC1(O)CCCCC1. The fraction of sp³-hybridized carbons (Fsp3) is 0.389. The molecule has 1 aliphatic rings. The zero-order valence-corrected chi connectivity index (χ0v) is 15.9. The van der Waals surface area contributed by atoms with Crippen molar-refractivity contribution in [2.75, 3.05) is 11.9 Å². The van der Waals surface area contributed by atoms with Crippen molar-refractivity contribution in [2.24, 2.45) is 5.14 Å². The molecule has 1 aromatic heterocycles. The molecule has 2 aromatic rings. The predicted octanol–water partition coefficient (Wildman–Crippen LogP) is 1.81. The summed E-state index contributed by atoms with van der Waals surface area (Å²) in [6.07, 6.45) is 5.61. The number of aliphatic hydroxyl groups is 1. The first-order valence-corrected chi connectivity index (χ1v) is 10.4. The van der Waals surface area contributed by atoms with Gasteiger partial charge >= 0.3 is 0 Å². The summed E-state index contributed by atoms with van der Waals surface area (Å²) in [5, 5.41) is 27.8. The van der Waals surface area contributed by atoms with Crippen LogP contribution in [0.25, 0.3) is 0 Å². The third kappa shape index (κ3) is 4.95. The minimum Gasteiger partial charge on any atom is -0.474 e. The maximum absolute atomic E-state index is 11.3. The molecule has 10 heteroatoms. The Kier molecular flexibility index (Phi) is 5.79. The summed E-state index contributed by atoms with van der Waals surface area (Å²) in [4.78, 5) is 8.25. The summed E-state index contributed by atoms with van der Waals surface area (Å²) in [5.41, 5.74) is -0.212. The molecular formula is C18H21N5O4S. The summed E-state index contributed by atoms with van der Waals surface area (Å²) in [7, 11) is -3.77. The molecule has 0 atom stereocenters. The molecule has 3 rings (SSSR count). The number of hydrogen-bond acceptors (Lipinski definition) is 8. The van der Waals surface area contributed by atoms with Gasteiger partial charge in [-0.25, -0.2) is 18.5 Å². The number of sulfonamides is 1. The maximum atomic E-state index is 11.3. The molecule has 0 unspecified atom stereocenters. The van der Waals surface area contributed by atoms with Gasteiger partial charge < -0.3 is 15.2 Å². The van der Waals surface area contributed by atoms with Crippen molar-refractivity contribution >= 4 is 21.7 Å². The Labute approximate surface area is 163 Å². The molecule has 0 bridgehead atoms. The summed E-state index contributed by atoms with van der Waals surface area (Å²) in [6.45, 7) is 0.0567. The second-order valence-corrected chi connectivity index (χ2v) is 8.35. The molecule has 1 aromatic carbocycles. The van der Waals surface area contributed by atoms with Crippen LogP contribution in [0.1, 0.15) is 37.7 Å². The molecule has 0 spiro atoms. The zero-order chi connectivity index (χ0) is 20.2. The smallest absolute Gasteiger partial charge is 0.238 e. The number of ether oxygens (including phenoxy) is 1. The minimum absolute atomic E-state index is 0.0106. The number of nitrogens with zero attached hydrogens (tertiary/aromatic N) is 3. The molecule has 1 saturated carbocycles. The summed E-state index contributed by atoms with van der Waals surface area (Å²) in [5.74, 6) is 0.258. The van der Waals surface area contributed by atoms with Crippen LogP contribution in [0.5, 0.6) is 5.88 Å². The normalized spacial score (nSPS) is 16.2. The molecule has 0 radical (unpaired) electrons. The number of nitriles is 1. The van der Waals surface area contributed by atoms with Gasteiger partial charge in [-0.2, -0.15) is 10.2 Å². The van der Waals surface area contributed by atoms with E-state index in [0.717, 1.165) is 19.3 Å². The Balaban J connectivity index is 1.74. The molecule has 0 aliphatic heterocycles. The van der Waals surface area contributed by atoms with Gasteiger partial charge in [0.2, 0.25) is 21.9 Å². The van der Waals surface area contributed by atoms with E-state index in [9.17, 15) is 18.8 Å². The third-order valence-electron chi connectivity index (χ3n) is 4.58. The van der Waals surface area contributed by atoms with E-state index in [-0.39, 0.29) is 28.9 Å². The van der Waals surface area contributed by atoms with Crippen LogP contribution in [0.2, 0.25) is 0 Å². The Hall–Kier alpha value is -2.74. The second-order valence-electron chi connectivity index (χ2n) is 6.79. The van der Waals surface area contributed by atoms with E-state index in [1.807, 2.05) is 6.07 Å². The van der Waals surface area contributed by atoms with E-state index in [4.69, 9.17) is 9.88 Å². The number of nitrogens with one attached hydrogen (secondary N) is 1. The molecule has 4 N–H and O–H groups in total. The quantitative estimate of drug-likeness (QED) is 0.660. The van der Waals surface area contributed by atoms with Crippen LogP contribution in [-0.2, 0) is 10.0 Å². The average molecular weight is 403 g/mol. The van der Waals surface area contributed by atoms with Gasteiger partial charge in [-0.05, 0) is 37.1 Å². The van der Waals surface area contributed by atoms with Crippen molar-refractivity contribution in [3.63, 3.8) is 0 Å². The maximum Gasteiger partial charge on any atom is 0.238 e. The number of aromatic nitrogens is 2. The predicted molar refractivity (Wildman–Crippen MR) is 101 cm³/mol. The van der Waals surface area contributed by atoms with Crippen LogP contribution < -0.4 is 15.2 Å². The van der Waals surface area contributed by atoms with Crippen LogP contribution in [0.3, 0.4) is 0 Å². The van der Waals surface area contributed by atoms with Crippen molar-refractivity contribution in [3.8, 4) is 11.9 Å². The van der Waals surface area contributed by atoms with Crippen molar-refractivity contribution in [3.05, 3.63) is 36.0 Å². The number of primary sulfonamides is 1. The highest BCUT2D eigenvalue weighted by Gasteiger charge is 2.30. The van der Waals surface area contributed by atoms with Gasteiger partial charge in [0, 0.05) is 5.69 Å². The van der Waals surface area contributed by atoms with Crippen LogP contribution in [0.4, 0.5) is 11.6 Å². The molecule has 0 amide bonds. The first kappa shape index (κ1) is 20.0. The number of nitrogens with two attached hydrogens (primary N) is 1. The molecule has 1 fully saturated rings. The van der Waals surface area contributed by atoms with Gasteiger partial charge in [0.05, 0.1) is 16.7 Å². The summed E-state index contributed by atoms with van der Waals surface area (Å²) in [6, 6.07) is 7.73. The standard InChI is InChI=1S/C18H21N5O4S/c19-10-13-11-21-17(22-14-4-6-15(7-5-14)28(20,25)26)23-16(13)27-12-18(24)8-2-1-3-9-18/h4-7,11,24H,1-3,8-9,12H2,(H2,20,25,26)(H,21,22,23). The van der Waals surface area contributed by atoms with E-state index >= 15 is 0 Å². The van der Waals surface area contributed by atoms with Crippen molar-refractivity contribution in [2.45, 2.75) is 42.6 Å². The Morgan fingerprint density at radius 3 is 2.54 bits per heavy atom. The fourth-order valence-electron chi connectivity index (χ4n) is 3.03. The lowest BCUT2D eigenvalue weighted by Crippen LogP contribution is -2.38. The van der Waals surface area contributed by atoms with E-state index in [1.54, 1.807) is 0 Å². The van der Waals surface area contributed by atoms with Crippen LogP contribution >= 0.6 is 0 Å². The summed E-state index contributed by atoms with van der Waals surface area (Å²) >= 11 is 0. The molecule has 9 nitrogen and oxygen atoms in total. The Bertz CT molecular complexity index is 980. The molecule has 1 aliphatic carbocycles. The fourth-order valence-corrected chi connectivity index (χ4v) is 3.54. The first-order chi connectivity index (χ1) is 13.3. The second kappa shape index (κ2) is 8.10. The van der Waals surface area contributed by atoms with Gasteiger partial charge in [0.15, 0.2) is 0 Å². The highest BCUT2D eigenvalue weighted by Crippen LogP contribution is 2.29. The Morgan fingerprint density at radius 2 is 1.93 bits per heavy atom. The van der Waals surface area contributed by atoms with Crippen LogP contribution in [0.15, 0.2) is 35.4 Å². The summed E-state index contributed by atoms with van der Waals surface area (Å²) < 4.78 is 28.3. The molecule has 0 saturated heterocycles. The lowest BCUT2D eigenvalue weighted by Gasteiger charge is -2.31. The molecule has 1 heterocycles. The number of rotatable bonds is 6. The largest absolute Gasteiger partial charge is 0.474 e. The van der Waals surface area contributed by atoms with Gasteiger partial charge in [-0.1, -0.05) is 19.3 Å². The topological polar surface area (TPSA) is 151 Å². The third-order valence-corrected chi connectivity index (χ3v) is 5.50.